The fourth-order valence-corrected chi connectivity index (χ4v) is 2.10. The van der Waals surface area contributed by atoms with Gasteiger partial charge in [0.05, 0.1) is 7.11 Å². The topological polar surface area (TPSA) is 29.5 Å². The molecule has 0 saturated carbocycles. The summed E-state index contributed by atoms with van der Waals surface area (Å²) in [5.74, 6) is -0.0639. The van der Waals surface area contributed by atoms with E-state index in [1.54, 1.807) is 0 Å². The smallest absolute Gasteiger partial charge is 0.323 e. The Morgan fingerprint density at radius 3 is 3.08 bits per heavy atom. The predicted molar refractivity (Wildman–Crippen MR) is 60.1 cm³/mol. The fraction of sp³-hybridized carbons (Fsp3) is 0.889. The van der Waals surface area contributed by atoms with Crippen LogP contribution in [0.5, 0.6) is 0 Å². The lowest BCUT2D eigenvalue weighted by Crippen LogP contribution is -2.37. The highest BCUT2D eigenvalue weighted by molar-refractivity contribution is 14.1. The van der Waals surface area contributed by atoms with Crippen molar-refractivity contribution in [2.75, 3.05) is 24.6 Å². The number of esters is 1. The Hall–Kier alpha value is 0.160. The van der Waals surface area contributed by atoms with E-state index in [1.165, 1.54) is 7.11 Å². The molecule has 1 heterocycles. The van der Waals surface area contributed by atoms with Gasteiger partial charge >= 0.3 is 5.97 Å². The number of rotatable bonds is 4. The quantitative estimate of drug-likeness (QED) is 0.447. The van der Waals surface area contributed by atoms with Crippen molar-refractivity contribution in [3.63, 3.8) is 0 Å². The molecule has 0 aliphatic carbocycles. The zero-order valence-corrected chi connectivity index (χ0v) is 10.1. The van der Waals surface area contributed by atoms with Crippen LogP contribution in [0.4, 0.5) is 0 Å². The molecule has 1 saturated heterocycles. The van der Waals surface area contributed by atoms with Crippen molar-refractivity contribution in [2.45, 2.75) is 25.3 Å². The first kappa shape index (κ1) is 11.2. The summed E-state index contributed by atoms with van der Waals surface area (Å²) in [4.78, 5) is 13.6. The third kappa shape index (κ3) is 3.09. The van der Waals surface area contributed by atoms with Crippen molar-refractivity contribution >= 4 is 28.6 Å². The van der Waals surface area contributed by atoms with Crippen LogP contribution in [0.25, 0.3) is 0 Å². The minimum absolute atomic E-state index is 0.0351. The van der Waals surface area contributed by atoms with Crippen molar-refractivity contribution in [3.8, 4) is 0 Å². The normalized spacial score (nSPS) is 23.4. The Bertz CT molecular complexity index is 175. The first-order chi connectivity index (χ1) is 6.29. The third-order valence-corrected chi connectivity index (χ3v) is 3.18. The molecule has 0 aromatic heterocycles. The van der Waals surface area contributed by atoms with Crippen LogP contribution in [-0.4, -0.2) is 41.5 Å². The van der Waals surface area contributed by atoms with Crippen molar-refractivity contribution in [2.24, 2.45) is 0 Å². The summed E-state index contributed by atoms with van der Waals surface area (Å²) in [6, 6.07) is 0.0351. The average Bonchev–Trinajstić information content (AvgIpc) is 2.61. The van der Waals surface area contributed by atoms with Crippen molar-refractivity contribution < 1.29 is 9.53 Å². The largest absolute Gasteiger partial charge is 0.468 e. The maximum absolute atomic E-state index is 11.3. The highest BCUT2D eigenvalue weighted by atomic mass is 127. The monoisotopic (exact) mass is 297 g/mol. The van der Waals surface area contributed by atoms with Gasteiger partial charge in [-0.1, -0.05) is 22.6 Å². The molecule has 1 fully saturated rings. The Morgan fingerprint density at radius 1 is 1.69 bits per heavy atom. The summed E-state index contributed by atoms with van der Waals surface area (Å²) in [6.07, 6.45) is 3.25. The SMILES string of the molecule is COC(=O)C1CCCN1CCCI. The molecule has 1 aliphatic heterocycles. The summed E-state index contributed by atoms with van der Waals surface area (Å²) in [6.45, 7) is 2.08. The van der Waals surface area contributed by atoms with E-state index < -0.39 is 0 Å². The third-order valence-electron chi connectivity index (χ3n) is 2.42. The van der Waals surface area contributed by atoms with E-state index in [9.17, 15) is 4.79 Å². The maximum atomic E-state index is 11.3. The fourth-order valence-electron chi connectivity index (χ4n) is 1.76. The van der Waals surface area contributed by atoms with Crippen LogP contribution in [0.2, 0.25) is 0 Å². The van der Waals surface area contributed by atoms with Crippen LogP contribution in [0.15, 0.2) is 0 Å². The van der Waals surface area contributed by atoms with Gasteiger partial charge in [-0.15, -0.1) is 0 Å². The van der Waals surface area contributed by atoms with Gasteiger partial charge in [0, 0.05) is 4.43 Å². The molecule has 0 N–H and O–H groups in total. The number of hydrogen-bond acceptors (Lipinski definition) is 3. The summed E-state index contributed by atoms with van der Waals surface area (Å²) in [5, 5.41) is 0. The molecular weight excluding hydrogens is 281 g/mol. The van der Waals surface area contributed by atoms with Gasteiger partial charge in [-0.25, -0.2) is 0 Å². The number of nitrogens with zero attached hydrogens (tertiary/aromatic N) is 1. The second-order valence-electron chi connectivity index (χ2n) is 3.26. The van der Waals surface area contributed by atoms with Gasteiger partial charge in [0.15, 0.2) is 0 Å². The number of hydrogen-bond donors (Lipinski definition) is 0. The molecule has 0 aromatic rings. The van der Waals surface area contributed by atoms with Crippen LogP contribution in [0.3, 0.4) is 0 Å². The van der Waals surface area contributed by atoms with Crippen LogP contribution in [0, 0.1) is 0 Å². The molecule has 13 heavy (non-hydrogen) atoms. The van der Waals surface area contributed by atoms with Gasteiger partial charge in [-0.3, -0.25) is 9.69 Å². The van der Waals surface area contributed by atoms with Crippen LogP contribution < -0.4 is 0 Å². The van der Waals surface area contributed by atoms with Crippen LogP contribution in [-0.2, 0) is 9.53 Å². The second kappa shape index (κ2) is 5.80. The van der Waals surface area contributed by atoms with Crippen LogP contribution in [0.1, 0.15) is 19.3 Å². The zero-order chi connectivity index (χ0) is 9.68. The molecule has 0 spiro atoms. The molecule has 4 heteroatoms. The molecule has 1 rings (SSSR count). The molecule has 76 valence electrons. The van der Waals surface area contributed by atoms with Gasteiger partial charge in [0.2, 0.25) is 0 Å². The van der Waals surface area contributed by atoms with E-state index in [4.69, 9.17) is 4.74 Å². The lowest BCUT2D eigenvalue weighted by atomic mass is 10.2. The van der Waals surface area contributed by atoms with Gasteiger partial charge < -0.3 is 4.74 Å². The molecule has 0 amide bonds. The molecule has 1 atom stereocenters. The predicted octanol–water partition coefficient (Wildman–Crippen LogP) is 1.45. The lowest BCUT2D eigenvalue weighted by molar-refractivity contribution is -0.145. The van der Waals surface area contributed by atoms with Gasteiger partial charge in [0.1, 0.15) is 6.04 Å². The Morgan fingerprint density at radius 2 is 2.46 bits per heavy atom. The zero-order valence-electron chi connectivity index (χ0n) is 7.96. The van der Waals surface area contributed by atoms with E-state index in [0.29, 0.717) is 0 Å². The van der Waals surface area contributed by atoms with Gasteiger partial charge in [-0.2, -0.15) is 0 Å². The van der Waals surface area contributed by atoms with Crippen LogP contribution >= 0.6 is 22.6 Å². The number of likely N-dealkylation sites (tertiary alicyclic amines) is 1. The van der Waals surface area contributed by atoms with E-state index >= 15 is 0 Å². The Labute approximate surface area is 92.9 Å². The van der Waals surface area contributed by atoms with E-state index in [-0.39, 0.29) is 12.0 Å². The molecule has 0 bridgehead atoms. The van der Waals surface area contributed by atoms with Crippen molar-refractivity contribution in [3.05, 3.63) is 0 Å². The maximum Gasteiger partial charge on any atom is 0.323 e. The molecule has 1 aliphatic rings. The summed E-state index contributed by atoms with van der Waals surface area (Å²) >= 11 is 2.36. The minimum atomic E-state index is -0.0639. The standard InChI is InChI=1S/C9H16INO2/c1-13-9(12)8-4-2-6-11(8)7-3-5-10/h8H,2-7H2,1H3. The Kier molecular flexibility index (Phi) is 5.01. The summed E-state index contributed by atoms with van der Waals surface area (Å²) < 4.78 is 5.92. The molecule has 1 unspecified atom stereocenters. The van der Waals surface area contributed by atoms with E-state index in [2.05, 4.69) is 27.5 Å². The summed E-state index contributed by atoms with van der Waals surface area (Å²) in [5.41, 5.74) is 0. The van der Waals surface area contributed by atoms with E-state index in [0.717, 1.165) is 36.8 Å². The molecular formula is C9H16INO2. The van der Waals surface area contributed by atoms with Crippen molar-refractivity contribution in [1.82, 2.24) is 4.90 Å². The molecule has 0 aromatic carbocycles. The Balaban J connectivity index is 2.39. The first-order valence-corrected chi connectivity index (χ1v) is 6.20. The molecule has 3 nitrogen and oxygen atoms in total. The highest BCUT2D eigenvalue weighted by Crippen LogP contribution is 2.18. The number of alkyl halides is 1. The molecule has 0 radical (unpaired) electrons. The lowest BCUT2D eigenvalue weighted by Gasteiger charge is -2.21. The van der Waals surface area contributed by atoms with Gasteiger partial charge in [0.25, 0.3) is 0 Å². The number of methoxy groups -OCH3 is 1. The minimum Gasteiger partial charge on any atom is -0.468 e. The van der Waals surface area contributed by atoms with Crippen molar-refractivity contribution in [1.29, 1.82) is 0 Å². The first-order valence-electron chi connectivity index (χ1n) is 4.67. The summed E-state index contributed by atoms with van der Waals surface area (Å²) in [7, 11) is 1.47. The number of carbonyl (C=O) groups is 1. The highest BCUT2D eigenvalue weighted by Gasteiger charge is 2.30. The van der Waals surface area contributed by atoms with Gasteiger partial charge in [-0.05, 0) is 32.4 Å². The van der Waals surface area contributed by atoms with E-state index in [1.807, 2.05) is 0 Å². The number of carbonyl (C=O) groups excluding carboxylic acids is 1. The number of halogens is 1. The average molecular weight is 297 g/mol. The number of ether oxygens (including phenoxy) is 1. The second-order valence-corrected chi connectivity index (χ2v) is 4.34.